The molecule has 2 aromatic rings. The van der Waals surface area contributed by atoms with Crippen LogP contribution in [-0.4, -0.2) is 37.4 Å². The molecule has 1 fully saturated rings. The van der Waals surface area contributed by atoms with Gasteiger partial charge in [-0.1, -0.05) is 29.8 Å². The van der Waals surface area contributed by atoms with E-state index in [0.717, 1.165) is 18.5 Å². The molecule has 2 atom stereocenters. The van der Waals surface area contributed by atoms with Gasteiger partial charge in [0.1, 0.15) is 5.82 Å². The second kappa shape index (κ2) is 10.7. The monoisotopic (exact) mass is 572 g/mol. The van der Waals surface area contributed by atoms with E-state index in [2.05, 4.69) is 19.9 Å². The number of anilines is 1. The van der Waals surface area contributed by atoms with E-state index in [-0.39, 0.29) is 52.6 Å². The van der Waals surface area contributed by atoms with E-state index in [9.17, 15) is 17.6 Å². The first-order chi connectivity index (χ1) is 14.1. The van der Waals surface area contributed by atoms with Gasteiger partial charge in [0.2, 0.25) is 0 Å². The highest BCUT2D eigenvalue weighted by atomic mass is 127. The Morgan fingerprint density at radius 3 is 2.68 bits per heavy atom. The van der Waals surface area contributed by atoms with Crippen molar-refractivity contribution in [3.05, 3.63) is 58.9 Å². The normalized spacial score (nSPS) is 19.7. The average Bonchev–Trinajstić information content (AvgIpc) is 3.03. The summed E-state index contributed by atoms with van der Waals surface area (Å²) in [5.74, 6) is -0.876. The molecule has 0 saturated carbocycles. The Morgan fingerprint density at radius 2 is 2.00 bits per heavy atom. The summed E-state index contributed by atoms with van der Waals surface area (Å²) in [4.78, 5) is 6.39. The van der Waals surface area contributed by atoms with Crippen molar-refractivity contribution >= 4 is 47.2 Å². The van der Waals surface area contributed by atoms with E-state index in [1.165, 1.54) is 30.3 Å². The second-order valence-electron chi connectivity index (χ2n) is 7.04. The van der Waals surface area contributed by atoms with E-state index in [0.29, 0.717) is 6.54 Å². The highest BCUT2D eigenvalue weighted by Crippen LogP contribution is 2.37. The van der Waals surface area contributed by atoms with Crippen LogP contribution in [0.15, 0.2) is 47.5 Å². The van der Waals surface area contributed by atoms with Gasteiger partial charge in [-0.05, 0) is 55.8 Å². The fourth-order valence-electron chi connectivity index (χ4n) is 3.62. The Morgan fingerprint density at radius 1 is 1.29 bits per heavy atom. The highest BCUT2D eigenvalue weighted by molar-refractivity contribution is 14.0. The van der Waals surface area contributed by atoms with Gasteiger partial charge < -0.3 is 15.8 Å². The number of halogens is 6. The fraction of sp³-hybridized carbons (Fsp3) is 0.350. The number of guanidine groups is 1. The summed E-state index contributed by atoms with van der Waals surface area (Å²) in [6.07, 6.45) is -4.00. The minimum atomic E-state index is -4.82. The van der Waals surface area contributed by atoms with Crippen LogP contribution in [-0.2, 0) is 0 Å². The number of nitrogens with two attached hydrogens (primary N) is 1. The average molecular weight is 573 g/mol. The summed E-state index contributed by atoms with van der Waals surface area (Å²) >= 11 is 5.78. The molecule has 0 radical (unpaired) electrons. The van der Waals surface area contributed by atoms with Crippen molar-refractivity contribution in [1.82, 2.24) is 4.90 Å². The molecular formula is C20H22ClF4IN4O. The third-order valence-corrected chi connectivity index (χ3v) is 5.24. The Hall–Kier alpha value is -1.79. The summed E-state index contributed by atoms with van der Waals surface area (Å²) in [6.45, 7) is 1.12. The van der Waals surface area contributed by atoms with Crippen molar-refractivity contribution in [1.29, 1.82) is 0 Å². The number of nitrogens with one attached hydrogen (secondary N) is 1. The zero-order chi connectivity index (χ0) is 21.9. The number of hydrogen-bond donors (Lipinski definition) is 2. The molecule has 2 unspecified atom stereocenters. The summed E-state index contributed by atoms with van der Waals surface area (Å²) in [5, 5.41) is 2.71. The zero-order valence-electron chi connectivity index (χ0n) is 16.5. The number of likely N-dealkylation sites (tertiary alicyclic amines) is 1. The van der Waals surface area contributed by atoms with Crippen molar-refractivity contribution < 1.29 is 22.3 Å². The van der Waals surface area contributed by atoms with Crippen molar-refractivity contribution in [2.45, 2.75) is 18.8 Å². The Balaban J connectivity index is 0.00000341. The Labute approximate surface area is 199 Å². The van der Waals surface area contributed by atoms with Crippen LogP contribution in [0.25, 0.3) is 0 Å². The molecule has 1 aliphatic heterocycles. The molecule has 1 saturated heterocycles. The molecule has 0 spiro atoms. The number of benzene rings is 2. The summed E-state index contributed by atoms with van der Waals surface area (Å²) in [5.41, 5.74) is 6.73. The predicted octanol–water partition coefficient (Wildman–Crippen LogP) is 5.42. The molecule has 3 N–H and O–H groups in total. The molecule has 0 aliphatic carbocycles. The number of rotatable bonds is 5. The molecule has 0 bridgehead atoms. The minimum Gasteiger partial charge on any atom is -0.404 e. The standard InChI is InChI=1S/C20H21ClF4N4O.HI/c1-29-9-8-13(18(29)12-6-7-14(21)15(22)10-12)11-27-19(26)28-16-4-2-3-5-17(16)30-20(23,24)25;/h2-7,10,13,18H,8-9,11H2,1H3,(H3,26,27,28);1H. The largest absolute Gasteiger partial charge is 0.573 e. The Kier molecular flexibility index (Phi) is 8.78. The predicted molar refractivity (Wildman–Crippen MR) is 124 cm³/mol. The highest BCUT2D eigenvalue weighted by Gasteiger charge is 2.34. The van der Waals surface area contributed by atoms with Crippen molar-refractivity contribution in [3.63, 3.8) is 0 Å². The van der Waals surface area contributed by atoms with Gasteiger partial charge in [-0.25, -0.2) is 4.39 Å². The van der Waals surface area contributed by atoms with E-state index < -0.39 is 17.9 Å². The number of alkyl halides is 3. The molecule has 1 aliphatic rings. The first-order valence-corrected chi connectivity index (χ1v) is 9.59. The minimum absolute atomic E-state index is 0. The van der Waals surface area contributed by atoms with Gasteiger partial charge >= 0.3 is 6.36 Å². The van der Waals surface area contributed by atoms with Crippen molar-refractivity contribution in [2.24, 2.45) is 16.6 Å². The van der Waals surface area contributed by atoms with Gasteiger partial charge in [0, 0.05) is 12.6 Å². The molecular weight excluding hydrogens is 551 g/mol. The van der Waals surface area contributed by atoms with E-state index >= 15 is 0 Å². The quantitative estimate of drug-likeness (QED) is 0.218. The summed E-state index contributed by atoms with van der Waals surface area (Å²) in [6, 6.07) is 10.2. The molecule has 11 heteroatoms. The van der Waals surface area contributed by atoms with Gasteiger partial charge in [-0.2, -0.15) is 0 Å². The summed E-state index contributed by atoms with van der Waals surface area (Å²) < 4.78 is 55.6. The smallest absolute Gasteiger partial charge is 0.404 e. The molecule has 0 amide bonds. The van der Waals surface area contributed by atoms with Crippen LogP contribution in [0.4, 0.5) is 23.2 Å². The van der Waals surface area contributed by atoms with Gasteiger partial charge in [0.25, 0.3) is 0 Å². The maximum absolute atomic E-state index is 13.9. The van der Waals surface area contributed by atoms with Gasteiger partial charge in [0.05, 0.1) is 10.7 Å². The van der Waals surface area contributed by atoms with Crippen LogP contribution in [0.1, 0.15) is 18.0 Å². The van der Waals surface area contributed by atoms with Crippen LogP contribution in [0.2, 0.25) is 5.02 Å². The molecule has 2 aromatic carbocycles. The third kappa shape index (κ3) is 6.84. The number of aliphatic imine (C=N–C) groups is 1. The van der Waals surface area contributed by atoms with Crippen LogP contribution >= 0.6 is 35.6 Å². The lowest BCUT2D eigenvalue weighted by Gasteiger charge is -2.25. The number of para-hydroxylation sites is 2. The van der Waals surface area contributed by atoms with E-state index in [1.807, 2.05) is 7.05 Å². The van der Waals surface area contributed by atoms with Crippen molar-refractivity contribution in [2.75, 3.05) is 25.5 Å². The Bertz CT molecular complexity index is 928. The second-order valence-corrected chi connectivity index (χ2v) is 7.45. The molecule has 5 nitrogen and oxygen atoms in total. The van der Waals surface area contributed by atoms with Gasteiger partial charge in [-0.3, -0.25) is 9.89 Å². The fourth-order valence-corrected chi connectivity index (χ4v) is 3.73. The molecule has 3 rings (SSSR count). The lowest BCUT2D eigenvalue weighted by atomic mass is 9.94. The van der Waals surface area contributed by atoms with Gasteiger partial charge in [-0.15, -0.1) is 37.1 Å². The zero-order valence-corrected chi connectivity index (χ0v) is 19.6. The molecule has 0 aromatic heterocycles. The lowest BCUT2D eigenvalue weighted by Crippen LogP contribution is -2.27. The summed E-state index contributed by atoms with van der Waals surface area (Å²) in [7, 11) is 1.94. The maximum atomic E-state index is 13.9. The van der Waals surface area contributed by atoms with E-state index in [4.69, 9.17) is 17.3 Å². The first kappa shape index (κ1) is 25.5. The maximum Gasteiger partial charge on any atom is 0.573 e. The third-order valence-electron chi connectivity index (χ3n) is 4.93. The first-order valence-electron chi connectivity index (χ1n) is 9.21. The number of ether oxygens (including phenoxy) is 1. The number of hydrogen-bond acceptors (Lipinski definition) is 3. The van der Waals surface area contributed by atoms with Crippen LogP contribution in [0.5, 0.6) is 5.75 Å². The lowest BCUT2D eigenvalue weighted by molar-refractivity contribution is -0.274. The molecule has 170 valence electrons. The van der Waals surface area contributed by atoms with E-state index in [1.54, 1.807) is 12.1 Å². The number of nitrogens with zero attached hydrogens (tertiary/aromatic N) is 2. The molecule has 1 heterocycles. The van der Waals surface area contributed by atoms with Gasteiger partial charge in [0.15, 0.2) is 11.7 Å². The topological polar surface area (TPSA) is 62.9 Å². The van der Waals surface area contributed by atoms with Crippen LogP contribution in [0, 0.1) is 11.7 Å². The van der Waals surface area contributed by atoms with Crippen LogP contribution in [0.3, 0.4) is 0 Å². The molecule has 31 heavy (non-hydrogen) atoms. The SMILES string of the molecule is CN1CCC(CN=C(N)Nc2ccccc2OC(F)(F)F)C1c1ccc(Cl)c(F)c1.I. The van der Waals surface area contributed by atoms with Crippen molar-refractivity contribution in [3.8, 4) is 5.75 Å². The van der Waals surface area contributed by atoms with Crippen LogP contribution < -0.4 is 15.8 Å².